The van der Waals surface area contributed by atoms with Gasteiger partial charge in [0.05, 0.1) is 7.11 Å². The number of hydrogen-bond acceptors (Lipinski definition) is 4. The monoisotopic (exact) mass is 252 g/mol. The highest BCUT2D eigenvalue weighted by molar-refractivity contribution is 7.99. The lowest BCUT2D eigenvalue weighted by Crippen LogP contribution is -2.46. The first kappa shape index (κ1) is 12.7. The lowest BCUT2D eigenvalue weighted by molar-refractivity contribution is 0.237. The zero-order valence-corrected chi connectivity index (χ0v) is 11.2. The third-order valence-corrected chi connectivity index (χ3v) is 4.38. The Bertz CT molecular complexity index is 372. The van der Waals surface area contributed by atoms with Gasteiger partial charge in [-0.05, 0) is 24.7 Å². The van der Waals surface area contributed by atoms with Crippen molar-refractivity contribution in [2.24, 2.45) is 5.73 Å². The second-order valence-electron chi connectivity index (χ2n) is 4.43. The van der Waals surface area contributed by atoms with Crippen molar-refractivity contribution in [2.75, 3.05) is 32.2 Å². The molecule has 1 aliphatic heterocycles. The Kier molecular flexibility index (Phi) is 4.31. The van der Waals surface area contributed by atoms with Gasteiger partial charge in [-0.3, -0.25) is 4.90 Å². The number of methoxy groups -OCH3 is 1. The molecule has 2 unspecified atom stereocenters. The van der Waals surface area contributed by atoms with Crippen LogP contribution < -0.4 is 10.5 Å². The number of thioether (sulfide) groups is 1. The Balaban J connectivity index is 2.14. The van der Waals surface area contributed by atoms with E-state index in [9.17, 15) is 0 Å². The minimum atomic E-state index is 0.0582. The van der Waals surface area contributed by atoms with Crippen LogP contribution in [0.2, 0.25) is 0 Å². The molecular formula is C13H20N2OS. The maximum absolute atomic E-state index is 6.37. The summed E-state index contributed by atoms with van der Waals surface area (Å²) in [6.07, 6.45) is 0. The number of benzene rings is 1. The van der Waals surface area contributed by atoms with Crippen LogP contribution in [0.3, 0.4) is 0 Å². The summed E-state index contributed by atoms with van der Waals surface area (Å²) >= 11 is 1.99. The molecule has 3 nitrogen and oxygen atoms in total. The predicted molar refractivity (Wildman–Crippen MR) is 73.7 cm³/mol. The summed E-state index contributed by atoms with van der Waals surface area (Å²) in [7, 11) is 3.84. The number of likely N-dealkylation sites (N-methyl/N-ethyl adjacent to an activating group) is 1. The Hall–Kier alpha value is -0.710. The van der Waals surface area contributed by atoms with Crippen LogP contribution in [0.15, 0.2) is 24.3 Å². The van der Waals surface area contributed by atoms with Gasteiger partial charge in [0.1, 0.15) is 5.75 Å². The molecular weight excluding hydrogens is 232 g/mol. The van der Waals surface area contributed by atoms with E-state index in [2.05, 4.69) is 18.0 Å². The molecule has 1 aromatic carbocycles. The van der Waals surface area contributed by atoms with Crippen LogP contribution in [0.25, 0.3) is 0 Å². The van der Waals surface area contributed by atoms with E-state index in [-0.39, 0.29) is 6.04 Å². The Morgan fingerprint density at radius 3 is 3.06 bits per heavy atom. The Morgan fingerprint density at radius 1 is 1.53 bits per heavy atom. The van der Waals surface area contributed by atoms with Gasteiger partial charge in [0, 0.05) is 30.1 Å². The maximum atomic E-state index is 6.37. The standard InChI is InChI=1S/C13H20N2OS/c1-15-6-7-17-9-12(15)13(14)10-4-3-5-11(8-10)16-2/h3-5,8,12-13H,6-7,9,14H2,1-2H3. The first-order valence-electron chi connectivity index (χ1n) is 5.90. The Morgan fingerprint density at radius 2 is 2.35 bits per heavy atom. The summed E-state index contributed by atoms with van der Waals surface area (Å²) in [5.41, 5.74) is 7.53. The number of ether oxygens (including phenoxy) is 1. The molecule has 0 saturated carbocycles. The van der Waals surface area contributed by atoms with E-state index in [1.54, 1.807) is 7.11 Å². The molecule has 1 heterocycles. The minimum absolute atomic E-state index is 0.0582. The van der Waals surface area contributed by atoms with Gasteiger partial charge in [-0.2, -0.15) is 11.8 Å². The van der Waals surface area contributed by atoms with Crippen LogP contribution in [0.1, 0.15) is 11.6 Å². The van der Waals surface area contributed by atoms with Crippen LogP contribution in [-0.2, 0) is 0 Å². The molecule has 0 amide bonds. The maximum Gasteiger partial charge on any atom is 0.119 e. The summed E-state index contributed by atoms with van der Waals surface area (Å²) in [5, 5.41) is 0. The number of nitrogens with two attached hydrogens (primary N) is 1. The normalized spacial score (nSPS) is 23.4. The molecule has 0 aromatic heterocycles. The van der Waals surface area contributed by atoms with E-state index in [4.69, 9.17) is 10.5 Å². The van der Waals surface area contributed by atoms with Crippen molar-refractivity contribution in [1.82, 2.24) is 4.90 Å². The van der Waals surface area contributed by atoms with Crippen molar-refractivity contribution < 1.29 is 4.74 Å². The second-order valence-corrected chi connectivity index (χ2v) is 5.58. The molecule has 2 rings (SSSR count). The molecule has 94 valence electrons. The lowest BCUT2D eigenvalue weighted by Gasteiger charge is -2.36. The van der Waals surface area contributed by atoms with Gasteiger partial charge in [0.15, 0.2) is 0 Å². The van der Waals surface area contributed by atoms with Crippen LogP contribution in [-0.4, -0.2) is 43.1 Å². The van der Waals surface area contributed by atoms with E-state index in [1.165, 1.54) is 5.75 Å². The molecule has 17 heavy (non-hydrogen) atoms. The molecule has 4 heteroatoms. The van der Waals surface area contributed by atoms with Crippen molar-refractivity contribution in [3.05, 3.63) is 29.8 Å². The van der Waals surface area contributed by atoms with Crippen LogP contribution in [0.4, 0.5) is 0 Å². The molecule has 0 bridgehead atoms. The van der Waals surface area contributed by atoms with Gasteiger partial charge in [-0.25, -0.2) is 0 Å². The highest BCUT2D eigenvalue weighted by atomic mass is 32.2. The molecule has 0 spiro atoms. The van der Waals surface area contributed by atoms with Gasteiger partial charge >= 0.3 is 0 Å². The minimum Gasteiger partial charge on any atom is -0.497 e. The van der Waals surface area contributed by atoms with Crippen molar-refractivity contribution in [3.8, 4) is 5.75 Å². The van der Waals surface area contributed by atoms with Crippen LogP contribution in [0.5, 0.6) is 5.75 Å². The highest BCUT2D eigenvalue weighted by Gasteiger charge is 2.26. The largest absolute Gasteiger partial charge is 0.497 e. The first-order valence-corrected chi connectivity index (χ1v) is 7.05. The average molecular weight is 252 g/mol. The molecule has 1 fully saturated rings. The quantitative estimate of drug-likeness (QED) is 0.889. The van der Waals surface area contributed by atoms with Gasteiger partial charge < -0.3 is 10.5 Å². The summed E-state index contributed by atoms with van der Waals surface area (Å²) in [6, 6.07) is 8.56. The van der Waals surface area contributed by atoms with Crippen molar-refractivity contribution >= 4 is 11.8 Å². The topological polar surface area (TPSA) is 38.5 Å². The zero-order chi connectivity index (χ0) is 12.3. The van der Waals surface area contributed by atoms with E-state index >= 15 is 0 Å². The first-order chi connectivity index (χ1) is 8.22. The third kappa shape index (κ3) is 2.94. The van der Waals surface area contributed by atoms with Crippen LogP contribution in [0, 0.1) is 0 Å². The van der Waals surface area contributed by atoms with Gasteiger partial charge in [0.25, 0.3) is 0 Å². The molecule has 2 N–H and O–H groups in total. The van der Waals surface area contributed by atoms with Gasteiger partial charge in [0.2, 0.25) is 0 Å². The third-order valence-electron chi connectivity index (χ3n) is 3.34. The summed E-state index contributed by atoms with van der Waals surface area (Å²) in [6.45, 7) is 1.12. The van der Waals surface area contributed by atoms with Crippen molar-refractivity contribution in [3.63, 3.8) is 0 Å². The zero-order valence-electron chi connectivity index (χ0n) is 10.4. The predicted octanol–water partition coefficient (Wildman–Crippen LogP) is 1.74. The van der Waals surface area contributed by atoms with E-state index in [0.29, 0.717) is 6.04 Å². The number of nitrogens with zero attached hydrogens (tertiary/aromatic N) is 1. The fourth-order valence-electron chi connectivity index (χ4n) is 2.15. The summed E-state index contributed by atoms with van der Waals surface area (Å²) in [4.78, 5) is 2.36. The van der Waals surface area contributed by atoms with Gasteiger partial charge in [-0.15, -0.1) is 0 Å². The second kappa shape index (κ2) is 5.76. The molecule has 1 aromatic rings. The lowest BCUT2D eigenvalue weighted by atomic mass is 10.00. The summed E-state index contributed by atoms with van der Waals surface area (Å²) < 4.78 is 5.24. The number of hydrogen-bond donors (Lipinski definition) is 1. The summed E-state index contributed by atoms with van der Waals surface area (Å²) in [5.74, 6) is 3.19. The molecule has 1 saturated heterocycles. The van der Waals surface area contributed by atoms with Crippen molar-refractivity contribution in [2.45, 2.75) is 12.1 Å². The molecule has 0 aliphatic carbocycles. The van der Waals surface area contributed by atoms with Crippen molar-refractivity contribution in [1.29, 1.82) is 0 Å². The van der Waals surface area contributed by atoms with Crippen LogP contribution >= 0.6 is 11.8 Å². The fourth-order valence-corrected chi connectivity index (χ4v) is 3.44. The fraction of sp³-hybridized carbons (Fsp3) is 0.538. The van der Waals surface area contributed by atoms with E-state index < -0.39 is 0 Å². The van der Waals surface area contributed by atoms with E-state index in [1.807, 2.05) is 30.0 Å². The van der Waals surface area contributed by atoms with E-state index in [0.717, 1.165) is 23.6 Å². The molecule has 0 radical (unpaired) electrons. The smallest absolute Gasteiger partial charge is 0.119 e. The Labute approximate surface area is 107 Å². The molecule has 2 atom stereocenters. The SMILES string of the molecule is COc1cccc(C(N)C2CSCCN2C)c1. The highest BCUT2D eigenvalue weighted by Crippen LogP contribution is 2.26. The van der Waals surface area contributed by atoms with Gasteiger partial charge in [-0.1, -0.05) is 12.1 Å². The molecule has 1 aliphatic rings. The average Bonchev–Trinajstić information content (AvgIpc) is 2.38. The number of rotatable bonds is 3.